The lowest BCUT2D eigenvalue weighted by atomic mass is 9.97. The molecule has 5 heteroatoms. The first kappa shape index (κ1) is 19.3. The van der Waals surface area contributed by atoms with Crippen LogP contribution in [-0.2, 0) is 16.0 Å². The Balaban J connectivity index is 1.66. The first-order chi connectivity index (χ1) is 13.7. The van der Waals surface area contributed by atoms with Gasteiger partial charge in [-0.15, -0.1) is 0 Å². The molecule has 0 aromatic heterocycles. The van der Waals surface area contributed by atoms with Crippen LogP contribution < -0.4 is 10.8 Å². The van der Waals surface area contributed by atoms with Gasteiger partial charge >= 0.3 is 0 Å². The van der Waals surface area contributed by atoms with E-state index in [2.05, 4.69) is 5.32 Å². The van der Waals surface area contributed by atoms with E-state index in [0.717, 1.165) is 16.7 Å². The van der Waals surface area contributed by atoms with E-state index >= 15 is 0 Å². The van der Waals surface area contributed by atoms with Crippen molar-refractivity contribution >= 4 is 17.5 Å². The molecule has 3 aromatic carbocycles. The highest BCUT2D eigenvalue weighted by Crippen LogP contribution is 2.22. The average Bonchev–Trinajstić information content (AvgIpc) is 2.75. The molecule has 0 aliphatic rings. The highest BCUT2D eigenvalue weighted by atomic mass is 16.5. The normalized spacial score (nSPS) is 11.5. The average molecular weight is 374 g/mol. The van der Waals surface area contributed by atoms with Crippen molar-refractivity contribution in [3.05, 3.63) is 90.5 Å². The van der Waals surface area contributed by atoms with Gasteiger partial charge in [-0.3, -0.25) is 14.8 Å². The third kappa shape index (κ3) is 5.05. The maximum atomic E-state index is 12.6. The Bertz CT molecular complexity index is 910. The zero-order chi connectivity index (χ0) is 19.8. The second kappa shape index (κ2) is 9.48. The molecule has 3 aromatic rings. The van der Waals surface area contributed by atoms with Crippen molar-refractivity contribution < 1.29 is 14.8 Å². The Morgan fingerprint density at radius 2 is 1.32 bits per heavy atom. The van der Waals surface area contributed by atoms with Gasteiger partial charge in [0.1, 0.15) is 5.92 Å². The zero-order valence-electron chi connectivity index (χ0n) is 15.3. The Labute approximate surface area is 164 Å². The molecule has 0 saturated heterocycles. The second-order valence-electron chi connectivity index (χ2n) is 6.49. The third-order valence-electron chi connectivity index (χ3n) is 4.57. The van der Waals surface area contributed by atoms with Crippen LogP contribution in [0.1, 0.15) is 12.0 Å². The lowest BCUT2D eigenvalue weighted by molar-refractivity contribution is -0.138. The first-order valence-electron chi connectivity index (χ1n) is 9.11. The summed E-state index contributed by atoms with van der Waals surface area (Å²) < 4.78 is 0. The molecular formula is C23H22N2O3. The topological polar surface area (TPSA) is 78.4 Å². The lowest BCUT2D eigenvalue weighted by Crippen LogP contribution is -2.37. The number of amides is 2. The number of hydrogen-bond acceptors (Lipinski definition) is 3. The van der Waals surface area contributed by atoms with Gasteiger partial charge in [0, 0.05) is 5.69 Å². The van der Waals surface area contributed by atoms with Crippen molar-refractivity contribution in [1.82, 2.24) is 5.48 Å². The fraction of sp³-hybridized carbons (Fsp3) is 0.130. The summed E-state index contributed by atoms with van der Waals surface area (Å²) in [6.45, 7) is 0. The summed E-state index contributed by atoms with van der Waals surface area (Å²) in [6, 6.07) is 26.9. The number of aryl methyl sites for hydroxylation is 1. The molecule has 28 heavy (non-hydrogen) atoms. The van der Waals surface area contributed by atoms with Gasteiger partial charge in [0.2, 0.25) is 5.91 Å². The van der Waals surface area contributed by atoms with Crippen LogP contribution in [0, 0.1) is 5.92 Å². The van der Waals surface area contributed by atoms with E-state index in [1.165, 1.54) is 0 Å². The summed E-state index contributed by atoms with van der Waals surface area (Å²) in [4.78, 5) is 24.6. The van der Waals surface area contributed by atoms with Gasteiger partial charge in [0.15, 0.2) is 0 Å². The number of benzene rings is 3. The summed E-state index contributed by atoms with van der Waals surface area (Å²) in [7, 11) is 0. The van der Waals surface area contributed by atoms with Crippen LogP contribution >= 0.6 is 0 Å². The number of rotatable bonds is 7. The quantitative estimate of drug-likeness (QED) is 0.332. The first-order valence-corrected chi connectivity index (χ1v) is 9.11. The molecule has 0 saturated carbocycles. The monoisotopic (exact) mass is 374 g/mol. The van der Waals surface area contributed by atoms with Gasteiger partial charge < -0.3 is 5.32 Å². The van der Waals surface area contributed by atoms with E-state index in [4.69, 9.17) is 5.21 Å². The molecule has 3 N–H and O–H groups in total. The van der Waals surface area contributed by atoms with E-state index in [9.17, 15) is 9.59 Å². The SMILES string of the molecule is O=C(NO)C(CCc1ccccc1)C(=O)Nc1ccc(-c2ccccc2)cc1. The Morgan fingerprint density at radius 3 is 1.93 bits per heavy atom. The number of carbonyl (C=O) groups is 2. The predicted octanol–water partition coefficient (Wildman–Crippen LogP) is 4.05. The van der Waals surface area contributed by atoms with Crippen molar-refractivity contribution in [2.24, 2.45) is 5.92 Å². The maximum Gasteiger partial charge on any atom is 0.255 e. The van der Waals surface area contributed by atoms with Crippen molar-refractivity contribution in [3.8, 4) is 11.1 Å². The van der Waals surface area contributed by atoms with E-state index < -0.39 is 17.7 Å². The van der Waals surface area contributed by atoms with E-state index in [1.54, 1.807) is 17.6 Å². The van der Waals surface area contributed by atoms with Gasteiger partial charge in [-0.05, 0) is 41.7 Å². The molecular weight excluding hydrogens is 352 g/mol. The van der Waals surface area contributed by atoms with Crippen LogP contribution in [0.3, 0.4) is 0 Å². The van der Waals surface area contributed by atoms with Gasteiger partial charge in [-0.1, -0.05) is 72.8 Å². The molecule has 0 spiro atoms. The number of carbonyl (C=O) groups excluding carboxylic acids is 2. The summed E-state index contributed by atoms with van der Waals surface area (Å²) in [6.07, 6.45) is 0.851. The van der Waals surface area contributed by atoms with Crippen LogP contribution in [0.25, 0.3) is 11.1 Å². The molecule has 0 fully saturated rings. The predicted molar refractivity (Wildman–Crippen MR) is 109 cm³/mol. The Morgan fingerprint density at radius 1 is 0.750 bits per heavy atom. The van der Waals surface area contributed by atoms with Crippen LogP contribution in [0.5, 0.6) is 0 Å². The van der Waals surface area contributed by atoms with Crippen LogP contribution in [0.15, 0.2) is 84.9 Å². The van der Waals surface area contributed by atoms with E-state index in [0.29, 0.717) is 18.5 Å². The molecule has 0 bridgehead atoms. The van der Waals surface area contributed by atoms with Gasteiger partial charge in [-0.2, -0.15) is 0 Å². The van der Waals surface area contributed by atoms with Crippen molar-refractivity contribution in [2.75, 3.05) is 5.32 Å². The fourth-order valence-electron chi connectivity index (χ4n) is 3.02. The standard InChI is InChI=1S/C23H22N2O3/c26-22(21(23(27)25-28)16-11-17-7-3-1-4-8-17)24-20-14-12-19(13-15-20)18-9-5-2-6-10-18/h1-10,12-15,21,28H,11,16H2,(H,24,26)(H,25,27). The molecule has 1 unspecified atom stereocenters. The summed E-state index contributed by atoms with van der Waals surface area (Å²) in [5, 5.41) is 11.8. The molecule has 2 amide bonds. The van der Waals surface area contributed by atoms with Gasteiger partial charge in [-0.25, -0.2) is 5.48 Å². The molecule has 0 aliphatic carbocycles. The second-order valence-corrected chi connectivity index (χ2v) is 6.49. The molecule has 5 nitrogen and oxygen atoms in total. The maximum absolute atomic E-state index is 12.6. The van der Waals surface area contributed by atoms with Gasteiger partial charge in [0.05, 0.1) is 0 Å². The number of nitrogens with one attached hydrogen (secondary N) is 2. The largest absolute Gasteiger partial charge is 0.325 e. The van der Waals surface area contributed by atoms with Crippen LogP contribution in [0.2, 0.25) is 0 Å². The van der Waals surface area contributed by atoms with Crippen LogP contribution in [0.4, 0.5) is 5.69 Å². The van der Waals surface area contributed by atoms with Crippen molar-refractivity contribution in [1.29, 1.82) is 0 Å². The minimum Gasteiger partial charge on any atom is -0.325 e. The minimum atomic E-state index is -0.987. The molecule has 142 valence electrons. The fourth-order valence-corrected chi connectivity index (χ4v) is 3.02. The van der Waals surface area contributed by atoms with Crippen molar-refractivity contribution in [2.45, 2.75) is 12.8 Å². The van der Waals surface area contributed by atoms with Crippen molar-refractivity contribution in [3.63, 3.8) is 0 Å². The molecule has 1 atom stereocenters. The Hall–Kier alpha value is -3.44. The van der Waals surface area contributed by atoms with Crippen LogP contribution in [-0.4, -0.2) is 17.0 Å². The number of hydroxylamine groups is 1. The summed E-state index contributed by atoms with van der Waals surface area (Å²) in [5.74, 6) is -2.15. The zero-order valence-corrected chi connectivity index (χ0v) is 15.3. The highest BCUT2D eigenvalue weighted by molar-refractivity contribution is 6.06. The minimum absolute atomic E-state index is 0.296. The molecule has 3 rings (SSSR count). The number of hydrogen-bond donors (Lipinski definition) is 3. The van der Waals surface area contributed by atoms with E-state index in [-0.39, 0.29) is 0 Å². The third-order valence-corrected chi connectivity index (χ3v) is 4.57. The summed E-state index contributed by atoms with van der Waals surface area (Å²) >= 11 is 0. The molecule has 0 radical (unpaired) electrons. The van der Waals surface area contributed by atoms with Gasteiger partial charge in [0.25, 0.3) is 5.91 Å². The Kier molecular flexibility index (Phi) is 6.54. The lowest BCUT2D eigenvalue weighted by Gasteiger charge is -2.15. The van der Waals surface area contributed by atoms with E-state index in [1.807, 2.05) is 72.8 Å². The smallest absolute Gasteiger partial charge is 0.255 e. The molecule has 0 heterocycles. The number of anilines is 1. The highest BCUT2D eigenvalue weighted by Gasteiger charge is 2.26. The summed E-state index contributed by atoms with van der Waals surface area (Å²) in [5.41, 5.74) is 5.34. The molecule has 0 aliphatic heterocycles.